The molecule has 5 nitrogen and oxygen atoms in total. The molecule has 9 heteroatoms. The minimum Gasteiger partial charge on any atom is -0.480 e. The van der Waals surface area contributed by atoms with Crippen molar-refractivity contribution in [1.82, 2.24) is 0 Å². The van der Waals surface area contributed by atoms with E-state index in [9.17, 15) is 22.0 Å². The molecule has 0 aliphatic rings. The van der Waals surface area contributed by atoms with Gasteiger partial charge in [-0.05, 0) is 24.3 Å². The topological polar surface area (TPSA) is 74.7 Å². The van der Waals surface area contributed by atoms with Crippen molar-refractivity contribution >= 4 is 33.3 Å². The van der Waals surface area contributed by atoms with Crippen LogP contribution in [0.1, 0.15) is 0 Å². The van der Waals surface area contributed by atoms with E-state index in [0.717, 1.165) is 12.1 Å². The SMILES string of the molecule is O=C(O)CN(c1ccc(Cl)cc1)S(=O)(=O)C(F)F. The highest BCUT2D eigenvalue weighted by molar-refractivity contribution is 7.93. The molecule has 0 aliphatic heterocycles. The molecule has 0 radical (unpaired) electrons. The Hall–Kier alpha value is -1.41. The van der Waals surface area contributed by atoms with Crippen molar-refractivity contribution < 1.29 is 27.1 Å². The predicted molar refractivity (Wildman–Crippen MR) is 61.4 cm³/mol. The third kappa shape index (κ3) is 3.30. The first kappa shape index (κ1) is 14.7. The Balaban J connectivity index is 3.22. The van der Waals surface area contributed by atoms with E-state index in [2.05, 4.69) is 0 Å². The van der Waals surface area contributed by atoms with Gasteiger partial charge in [-0.2, -0.15) is 8.78 Å². The Labute approximate surface area is 107 Å². The molecule has 0 amide bonds. The van der Waals surface area contributed by atoms with Crippen LogP contribution in [0, 0.1) is 0 Å². The van der Waals surface area contributed by atoms with Crippen molar-refractivity contribution in [2.24, 2.45) is 0 Å². The van der Waals surface area contributed by atoms with Gasteiger partial charge in [0, 0.05) is 5.02 Å². The summed E-state index contributed by atoms with van der Waals surface area (Å²) in [6.45, 7) is -1.09. The molecule has 18 heavy (non-hydrogen) atoms. The van der Waals surface area contributed by atoms with E-state index in [1.54, 1.807) is 0 Å². The molecule has 0 aliphatic carbocycles. The molecule has 0 fully saturated rings. The molecule has 0 spiro atoms. The first-order valence-corrected chi connectivity index (χ1v) is 6.40. The molecule has 0 heterocycles. The number of hydrogen-bond donors (Lipinski definition) is 1. The van der Waals surface area contributed by atoms with Crippen LogP contribution in [0.5, 0.6) is 0 Å². The molecule has 0 bridgehead atoms. The number of carboxylic acids is 1. The highest BCUT2D eigenvalue weighted by atomic mass is 35.5. The van der Waals surface area contributed by atoms with E-state index >= 15 is 0 Å². The highest BCUT2D eigenvalue weighted by Crippen LogP contribution is 2.23. The number of rotatable bonds is 5. The Morgan fingerprint density at radius 1 is 1.33 bits per heavy atom. The summed E-state index contributed by atoms with van der Waals surface area (Å²) in [6, 6.07) is 4.83. The fourth-order valence-corrected chi connectivity index (χ4v) is 2.18. The lowest BCUT2D eigenvalue weighted by Gasteiger charge is -2.21. The monoisotopic (exact) mass is 299 g/mol. The average molecular weight is 300 g/mol. The maximum atomic E-state index is 12.4. The van der Waals surface area contributed by atoms with Gasteiger partial charge in [-0.25, -0.2) is 8.42 Å². The molecular weight excluding hydrogens is 292 g/mol. The molecule has 1 N–H and O–H groups in total. The lowest BCUT2D eigenvalue weighted by Crippen LogP contribution is -2.39. The van der Waals surface area contributed by atoms with Crippen molar-refractivity contribution in [3.8, 4) is 0 Å². The van der Waals surface area contributed by atoms with Gasteiger partial charge in [-0.3, -0.25) is 9.10 Å². The predicted octanol–water partition coefficient (Wildman–Crippen LogP) is 1.78. The summed E-state index contributed by atoms with van der Waals surface area (Å²) in [5.41, 5.74) is -0.192. The van der Waals surface area contributed by atoms with Crippen LogP contribution in [-0.4, -0.2) is 31.8 Å². The Morgan fingerprint density at radius 2 is 1.83 bits per heavy atom. The molecule has 100 valence electrons. The second-order valence-corrected chi connectivity index (χ2v) is 5.45. The maximum Gasteiger partial charge on any atom is 0.355 e. The first-order valence-electron chi connectivity index (χ1n) is 4.52. The summed E-state index contributed by atoms with van der Waals surface area (Å²) in [4.78, 5) is 10.5. The fraction of sp³-hybridized carbons (Fsp3) is 0.222. The molecule has 0 atom stereocenters. The Morgan fingerprint density at radius 3 is 2.22 bits per heavy atom. The van der Waals surface area contributed by atoms with Crippen LogP contribution in [0.4, 0.5) is 14.5 Å². The van der Waals surface area contributed by atoms with E-state index in [0.29, 0.717) is 0 Å². The number of carboxylic acid groups (broad SMARTS) is 1. The van der Waals surface area contributed by atoms with E-state index in [1.165, 1.54) is 12.1 Å². The number of anilines is 1. The second kappa shape index (κ2) is 5.49. The lowest BCUT2D eigenvalue weighted by atomic mass is 10.3. The summed E-state index contributed by atoms with van der Waals surface area (Å²) < 4.78 is 47.6. The van der Waals surface area contributed by atoms with Gasteiger partial charge >= 0.3 is 11.7 Å². The van der Waals surface area contributed by atoms with Gasteiger partial charge in [0.2, 0.25) is 0 Å². The number of carbonyl (C=O) groups is 1. The third-order valence-electron chi connectivity index (χ3n) is 1.93. The number of benzene rings is 1. The highest BCUT2D eigenvalue weighted by Gasteiger charge is 2.33. The van der Waals surface area contributed by atoms with Gasteiger partial charge in [-0.15, -0.1) is 0 Å². The number of halogens is 3. The Kier molecular flexibility index (Phi) is 4.47. The van der Waals surface area contributed by atoms with Crippen LogP contribution in [0.15, 0.2) is 24.3 Å². The molecule has 1 aromatic carbocycles. The number of sulfonamides is 1. The smallest absolute Gasteiger partial charge is 0.355 e. The maximum absolute atomic E-state index is 12.4. The molecule has 0 saturated heterocycles. The van der Waals surface area contributed by atoms with Gasteiger partial charge in [0.15, 0.2) is 0 Å². The quantitative estimate of drug-likeness (QED) is 0.899. The summed E-state index contributed by atoms with van der Waals surface area (Å²) in [6.07, 6.45) is 0. The van der Waals surface area contributed by atoms with Crippen LogP contribution in [0.25, 0.3) is 0 Å². The van der Waals surface area contributed by atoms with Crippen molar-refractivity contribution in [2.45, 2.75) is 5.76 Å². The standard InChI is InChI=1S/C9H8ClF2NO4S/c10-6-1-3-7(4-2-6)13(5-8(14)15)18(16,17)9(11)12/h1-4,9H,5H2,(H,14,15). The third-order valence-corrected chi connectivity index (χ3v) is 3.58. The van der Waals surface area contributed by atoms with Gasteiger partial charge in [0.25, 0.3) is 10.0 Å². The summed E-state index contributed by atoms with van der Waals surface area (Å²) in [7, 11) is -5.02. The van der Waals surface area contributed by atoms with E-state index in [1.807, 2.05) is 0 Å². The van der Waals surface area contributed by atoms with Crippen LogP contribution in [0.3, 0.4) is 0 Å². The van der Waals surface area contributed by atoms with Gasteiger partial charge < -0.3 is 5.11 Å². The summed E-state index contributed by atoms with van der Waals surface area (Å²) in [5, 5.41) is 8.83. The van der Waals surface area contributed by atoms with Crippen molar-refractivity contribution in [3.63, 3.8) is 0 Å². The minimum atomic E-state index is -5.02. The normalized spacial score (nSPS) is 11.6. The zero-order valence-electron chi connectivity index (χ0n) is 8.76. The van der Waals surface area contributed by atoms with Crippen LogP contribution in [0.2, 0.25) is 5.02 Å². The number of aliphatic carboxylic acids is 1. The molecule has 1 aromatic rings. The summed E-state index contributed by atoms with van der Waals surface area (Å²) in [5.74, 6) is -5.25. The molecule has 0 saturated carbocycles. The van der Waals surface area contributed by atoms with E-state index < -0.39 is 28.3 Å². The second-order valence-electron chi connectivity index (χ2n) is 3.18. The zero-order valence-corrected chi connectivity index (χ0v) is 10.3. The number of nitrogens with zero attached hydrogens (tertiary/aromatic N) is 1. The summed E-state index contributed by atoms with van der Waals surface area (Å²) >= 11 is 5.57. The van der Waals surface area contributed by atoms with Crippen molar-refractivity contribution in [1.29, 1.82) is 0 Å². The van der Waals surface area contributed by atoms with Crippen LogP contribution >= 0.6 is 11.6 Å². The van der Waals surface area contributed by atoms with Gasteiger partial charge in [0.05, 0.1) is 5.69 Å². The molecule has 0 unspecified atom stereocenters. The molecule has 1 rings (SSSR count). The van der Waals surface area contributed by atoms with Crippen LogP contribution in [-0.2, 0) is 14.8 Å². The molecular formula is C9H8ClF2NO4S. The Bertz CT molecular complexity index is 532. The minimum absolute atomic E-state index is 0.121. The van der Waals surface area contributed by atoms with Crippen molar-refractivity contribution in [2.75, 3.05) is 10.8 Å². The first-order chi connectivity index (χ1) is 8.25. The zero-order chi connectivity index (χ0) is 13.9. The van der Waals surface area contributed by atoms with E-state index in [4.69, 9.17) is 16.7 Å². The van der Waals surface area contributed by atoms with Gasteiger partial charge in [-0.1, -0.05) is 11.6 Å². The average Bonchev–Trinajstić information content (AvgIpc) is 2.26. The number of alkyl halides is 2. The largest absolute Gasteiger partial charge is 0.480 e. The molecule has 0 aromatic heterocycles. The van der Waals surface area contributed by atoms with E-state index in [-0.39, 0.29) is 15.0 Å². The fourth-order valence-electron chi connectivity index (χ4n) is 1.15. The number of hydrogen-bond acceptors (Lipinski definition) is 3. The lowest BCUT2D eigenvalue weighted by molar-refractivity contribution is -0.135. The van der Waals surface area contributed by atoms with Crippen molar-refractivity contribution in [3.05, 3.63) is 29.3 Å². The van der Waals surface area contributed by atoms with Crippen LogP contribution < -0.4 is 4.31 Å². The van der Waals surface area contributed by atoms with Gasteiger partial charge in [0.1, 0.15) is 6.54 Å².